The van der Waals surface area contributed by atoms with Crippen LogP contribution in [0.15, 0.2) is 4.99 Å². The Hall–Kier alpha value is -1.15. The largest absolute Gasteiger partial charge is 0.469 e. The molecule has 4 heteroatoms. The number of nitrogens with zero attached hydrogens (tertiary/aromatic N) is 1. The number of esters is 1. The van der Waals surface area contributed by atoms with E-state index in [4.69, 9.17) is 0 Å². The zero-order chi connectivity index (χ0) is 9.56. The van der Waals surface area contributed by atoms with Gasteiger partial charge in [0.2, 0.25) is 6.08 Å². The Balaban J connectivity index is 4.22. The maximum Gasteiger partial charge on any atom is 0.310 e. The lowest BCUT2D eigenvalue weighted by Gasteiger charge is -2.14. The van der Waals surface area contributed by atoms with E-state index in [2.05, 4.69) is 9.73 Å². The lowest BCUT2D eigenvalue weighted by Crippen LogP contribution is -2.24. The molecule has 0 bridgehead atoms. The first kappa shape index (κ1) is 10.8. The number of methoxy groups -OCH3 is 1. The van der Waals surface area contributed by atoms with E-state index in [9.17, 15) is 9.59 Å². The third-order valence-electron chi connectivity index (χ3n) is 1.66. The number of hydrogen-bond donors (Lipinski definition) is 0. The Morgan fingerprint density at radius 1 is 1.58 bits per heavy atom. The van der Waals surface area contributed by atoms with E-state index in [-0.39, 0.29) is 24.3 Å². The molecule has 0 aliphatic heterocycles. The summed E-state index contributed by atoms with van der Waals surface area (Å²) < 4.78 is 4.54. The van der Waals surface area contributed by atoms with E-state index in [1.807, 2.05) is 13.8 Å². The number of aliphatic imine (C=N–C) groups is 1. The van der Waals surface area contributed by atoms with E-state index in [0.717, 1.165) is 0 Å². The van der Waals surface area contributed by atoms with Gasteiger partial charge in [-0.25, -0.2) is 9.79 Å². The molecule has 0 aliphatic carbocycles. The summed E-state index contributed by atoms with van der Waals surface area (Å²) in [6.45, 7) is 3.91. The van der Waals surface area contributed by atoms with Gasteiger partial charge >= 0.3 is 5.97 Å². The Kier molecular flexibility index (Phi) is 4.97. The highest BCUT2D eigenvalue weighted by Gasteiger charge is 2.22. The number of rotatable bonds is 4. The highest BCUT2D eigenvalue weighted by atomic mass is 16.5. The highest BCUT2D eigenvalue weighted by Crippen LogP contribution is 2.12. The SMILES string of the molecule is COC(=O)C(CN=C=O)C(C)C. The lowest BCUT2D eigenvalue weighted by molar-refractivity contribution is -0.146. The number of hydrogen-bond acceptors (Lipinski definition) is 4. The van der Waals surface area contributed by atoms with Crippen LogP contribution in [0.2, 0.25) is 0 Å². The van der Waals surface area contributed by atoms with Crippen molar-refractivity contribution in [3.63, 3.8) is 0 Å². The molecule has 68 valence electrons. The molecule has 0 fully saturated rings. The van der Waals surface area contributed by atoms with E-state index in [1.165, 1.54) is 13.2 Å². The molecule has 0 aromatic heterocycles. The fourth-order valence-corrected chi connectivity index (χ4v) is 0.845. The van der Waals surface area contributed by atoms with Gasteiger partial charge in [0.15, 0.2) is 0 Å². The second-order valence-corrected chi connectivity index (χ2v) is 2.81. The molecule has 4 nitrogen and oxygen atoms in total. The van der Waals surface area contributed by atoms with Gasteiger partial charge in [0.05, 0.1) is 19.6 Å². The van der Waals surface area contributed by atoms with E-state index < -0.39 is 0 Å². The minimum Gasteiger partial charge on any atom is -0.469 e. The Morgan fingerprint density at radius 3 is 2.50 bits per heavy atom. The summed E-state index contributed by atoms with van der Waals surface area (Å²) in [5.41, 5.74) is 0. The zero-order valence-electron chi connectivity index (χ0n) is 7.53. The molecule has 0 aliphatic rings. The average molecular weight is 171 g/mol. The quantitative estimate of drug-likeness (QED) is 0.356. The van der Waals surface area contributed by atoms with Gasteiger partial charge in [0.25, 0.3) is 0 Å². The molecule has 0 saturated carbocycles. The molecule has 0 rings (SSSR count). The van der Waals surface area contributed by atoms with Crippen molar-refractivity contribution >= 4 is 12.0 Å². The van der Waals surface area contributed by atoms with Crippen LogP contribution in [0.3, 0.4) is 0 Å². The van der Waals surface area contributed by atoms with Crippen molar-refractivity contribution in [3.8, 4) is 0 Å². The number of carbonyl (C=O) groups excluding carboxylic acids is 2. The Morgan fingerprint density at radius 2 is 2.17 bits per heavy atom. The fraction of sp³-hybridized carbons (Fsp3) is 0.750. The van der Waals surface area contributed by atoms with E-state index >= 15 is 0 Å². The predicted octanol–water partition coefficient (Wildman–Crippen LogP) is 0.767. The molecule has 0 saturated heterocycles. The summed E-state index contributed by atoms with van der Waals surface area (Å²) in [6.07, 6.45) is 1.40. The summed E-state index contributed by atoms with van der Waals surface area (Å²) in [4.78, 5) is 24.2. The standard InChI is InChI=1S/C8H13NO3/c1-6(2)7(4-9-5-10)8(11)12-3/h6-7H,4H2,1-3H3. The van der Waals surface area contributed by atoms with Crippen LogP contribution in [0.25, 0.3) is 0 Å². The minimum atomic E-state index is -0.337. The second-order valence-electron chi connectivity index (χ2n) is 2.81. The molecular weight excluding hydrogens is 158 g/mol. The van der Waals surface area contributed by atoms with Crippen LogP contribution in [-0.4, -0.2) is 25.7 Å². The van der Waals surface area contributed by atoms with Gasteiger partial charge in [-0.1, -0.05) is 13.8 Å². The maximum absolute atomic E-state index is 11.0. The van der Waals surface area contributed by atoms with Gasteiger partial charge in [-0.15, -0.1) is 0 Å². The van der Waals surface area contributed by atoms with Gasteiger partial charge in [0, 0.05) is 0 Å². The first-order chi connectivity index (χ1) is 5.63. The van der Waals surface area contributed by atoms with Crippen molar-refractivity contribution in [2.45, 2.75) is 13.8 Å². The number of carbonyl (C=O) groups is 1. The van der Waals surface area contributed by atoms with Gasteiger partial charge in [-0.05, 0) is 5.92 Å². The van der Waals surface area contributed by atoms with Gasteiger partial charge in [0.1, 0.15) is 0 Å². The second kappa shape index (κ2) is 5.49. The van der Waals surface area contributed by atoms with Crippen LogP contribution in [-0.2, 0) is 14.3 Å². The monoisotopic (exact) mass is 171 g/mol. The molecule has 12 heavy (non-hydrogen) atoms. The van der Waals surface area contributed by atoms with Crippen molar-refractivity contribution in [1.29, 1.82) is 0 Å². The zero-order valence-corrected chi connectivity index (χ0v) is 7.53. The maximum atomic E-state index is 11.0. The molecule has 0 heterocycles. The smallest absolute Gasteiger partial charge is 0.310 e. The number of ether oxygens (including phenoxy) is 1. The average Bonchev–Trinajstić information content (AvgIpc) is 2.04. The van der Waals surface area contributed by atoms with Crippen LogP contribution in [0, 0.1) is 11.8 Å². The van der Waals surface area contributed by atoms with Crippen LogP contribution < -0.4 is 0 Å². The topological polar surface area (TPSA) is 55.7 Å². The first-order valence-electron chi connectivity index (χ1n) is 3.75. The summed E-state index contributed by atoms with van der Waals surface area (Å²) in [5.74, 6) is -0.546. The first-order valence-corrected chi connectivity index (χ1v) is 3.75. The van der Waals surface area contributed by atoms with E-state index in [0.29, 0.717) is 0 Å². The fourth-order valence-electron chi connectivity index (χ4n) is 0.845. The summed E-state index contributed by atoms with van der Waals surface area (Å²) in [7, 11) is 1.32. The Bertz CT molecular complexity index is 194. The summed E-state index contributed by atoms with van der Waals surface area (Å²) in [5, 5.41) is 0. The van der Waals surface area contributed by atoms with Gasteiger partial charge in [-0.2, -0.15) is 0 Å². The molecule has 0 aromatic carbocycles. The van der Waals surface area contributed by atoms with Crippen LogP contribution in [0.5, 0.6) is 0 Å². The molecule has 1 atom stereocenters. The normalized spacial score (nSPS) is 12.0. The van der Waals surface area contributed by atoms with Gasteiger partial charge in [-0.3, -0.25) is 4.79 Å². The molecule has 0 radical (unpaired) electrons. The van der Waals surface area contributed by atoms with Crippen molar-refractivity contribution in [3.05, 3.63) is 0 Å². The van der Waals surface area contributed by atoms with Crippen LogP contribution in [0.4, 0.5) is 0 Å². The predicted molar refractivity (Wildman–Crippen MR) is 43.3 cm³/mol. The molecule has 0 spiro atoms. The third-order valence-corrected chi connectivity index (χ3v) is 1.66. The van der Waals surface area contributed by atoms with Crippen LogP contribution in [0.1, 0.15) is 13.8 Å². The van der Waals surface area contributed by atoms with Crippen molar-refractivity contribution in [2.24, 2.45) is 16.8 Å². The lowest BCUT2D eigenvalue weighted by atomic mass is 9.96. The third kappa shape index (κ3) is 3.30. The summed E-state index contributed by atoms with van der Waals surface area (Å²) >= 11 is 0. The summed E-state index contributed by atoms with van der Waals surface area (Å²) in [6, 6.07) is 0. The van der Waals surface area contributed by atoms with Crippen molar-refractivity contribution in [2.75, 3.05) is 13.7 Å². The van der Waals surface area contributed by atoms with Crippen LogP contribution >= 0.6 is 0 Å². The van der Waals surface area contributed by atoms with Gasteiger partial charge < -0.3 is 4.74 Å². The van der Waals surface area contributed by atoms with Crippen molar-refractivity contribution < 1.29 is 14.3 Å². The minimum absolute atomic E-state index is 0.120. The Labute approximate surface area is 71.6 Å². The molecule has 0 aromatic rings. The van der Waals surface area contributed by atoms with E-state index in [1.54, 1.807) is 0 Å². The molecule has 1 unspecified atom stereocenters. The molecule has 0 amide bonds. The number of isocyanates is 1. The molecule has 0 N–H and O–H groups in total. The van der Waals surface area contributed by atoms with Crippen molar-refractivity contribution in [1.82, 2.24) is 0 Å². The molecular formula is C8H13NO3. The highest BCUT2D eigenvalue weighted by molar-refractivity contribution is 5.72.